The topological polar surface area (TPSA) is 214 Å². The lowest BCUT2D eigenvalue weighted by Crippen LogP contribution is -2.61. The molecule has 7 N–H and O–H groups in total. The van der Waals surface area contributed by atoms with Gasteiger partial charge in [0.2, 0.25) is 0 Å². The summed E-state index contributed by atoms with van der Waals surface area (Å²) in [5, 5.41) is 72.5. The van der Waals surface area contributed by atoms with Gasteiger partial charge < -0.3 is 64.2 Å². The number of carbonyl (C=O) groups excluding carboxylic acids is 1. The molecule has 0 aliphatic carbocycles. The molecule has 464 valence electrons. The van der Waals surface area contributed by atoms with Crippen molar-refractivity contribution in [1.29, 1.82) is 0 Å². The summed E-state index contributed by atoms with van der Waals surface area (Å²) in [6, 6.07) is 0. The molecule has 0 saturated carbocycles. The summed E-state index contributed by atoms with van der Waals surface area (Å²) in [6.07, 6.45) is 55.7. The van der Waals surface area contributed by atoms with Crippen LogP contribution in [0.1, 0.15) is 206 Å². The van der Waals surface area contributed by atoms with Gasteiger partial charge in [0.1, 0.15) is 54.9 Å². The van der Waals surface area contributed by atoms with E-state index in [1.54, 1.807) is 0 Å². The molecule has 14 heteroatoms. The van der Waals surface area contributed by atoms with Crippen LogP contribution in [-0.2, 0) is 33.2 Å². The van der Waals surface area contributed by atoms with Gasteiger partial charge >= 0.3 is 5.97 Å². The van der Waals surface area contributed by atoms with Crippen LogP contribution in [0.2, 0.25) is 0 Å². The van der Waals surface area contributed by atoms with Crippen LogP contribution < -0.4 is 0 Å². The molecule has 0 aromatic heterocycles. The molecule has 11 atom stereocenters. The highest BCUT2D eigenvalue weighted by Gasteiger charge is 2.47. The Bertz CT molecular complexity index is 1750. The standard InChI is InChI=1S/C67H112O14/c1-3-5-7-9-11-13-15-17-19-21-23-25-27-28-29-30-32-34-36-38-40-42-44-46-48-50-59(69)79-56(53-76-51-49-47-45-43-41-39-37-35-33-31-26-24-22-20-18-16-14-12-10-8-6-4-2)54-77-66-65(75)63(73)61(71)58(81-66)55-78-67-64(74)62(72)60(70)57(52-68)80-67/h5-8,11-14,17-20,23-26,33,35,56-58,60-68,70-75H,3-4,9-10,15-16,21-22,27-32,34,36-55H2,1-2H3/b7-5-,8-6-,13-11-,14-12-,19-17-,20-18-,25-23-,26-24-,35-33-. The number of aliphatic hydroxyl groups is 7. The smallest absolute Gasteiger partial charge is 0.306 e. The summed E-state index contributed by atoms with van der Waals surface area (Å²) in [5.41, 5.74) is 0. The van der Waals surface area contributed by atoms with Gasteiger partial charge in [0.05, 0.1) is 26.4 Å². The van der Waals surface area contributed by atoms with E-state index >= 15 is 0 Å². The second-order valence-corrected chi connectivity index (χ2v) is 21.5. The van der Waals surface area contributed by atoms with Gasteiger partial charge in [-0.25, -0.2) is 0 Å². The quantitative estimate of drug-likeness (QED) is 0.0172. The fraction of sp³-hybridized carbons (Fsp3) is 0.716. The maximum absolute atomic E-state index is 13.1. The van der Waals surface area contributed by atoms with Gasteiger partial charge in [-0.3, -0.25) is 4.79 Å². The third-order valence-electron chi connectivity index (χ3n) is 14.3. The fourth-order valence-electron chi connectivity index (χ4n) is 9.30. The van der Waals surface area contributed by atoms with Gasteiger partial charge in [-0.1, -0.05) is 213 Å². The van der Waals surface area contributed by atoms with E-state index in [1.165, 1.54) is 57.8 Å². The number of hydrogen-bond donors (Lipinski definition) is 7. The highest BCUT2D eigenvalue weighted by atomic mass is 16.7. The Labute approximate surface area is 489 Å². The molecule has 0 radical (unpaired) electrons. The van der Waals surface area contributed by atoms with Crippen molar-refractivity contribution in [1.82, 2.24) is 0 Å². The van der Waals surface area contributed by atoms with Crippen LogP contribution >= 0.6 is 0 Å². The summed E-state index contributed by atoms with van der Waals surface area (Å²) in [5.74, 6) is -0.387. The molecule has 0 bridgehead atoms. The number of allylic oxidation sites excluding steroid dienone is 18. The maximum Gasteiger partial charge on any atom is 0.306 e. The lowest BCUT2D eigenvalue weighted by Gasteiger charge is -2.42. The summed E-state index contributed by atoms with van der Waals surface area (Å²) in [4.78, 5) is 13.1. The average molecular weight is 1140 g/mol. The minimum absolute atomic E-state index is 0.0443. The maximum atomic E-state index is 13.1. The molecule has 2 rings (SSSR count). The molecule has 2 heterocycles. The number of hydrogen-bond acceptors (Lipinski definition) is 14. The number of rotatable bonds is 50. The monoisotopic (exact) mass is 1140 g/mol. The zero-order valence-corrected chi connectivity index (χ0v) is 50.0. The lowest BCUT2D eigenvalue weighted by molar-refractivity contribution is -0.332. The second-order valence-electron chi connectivity index (χ2n) is 21.5. The summed E-state index contributed by atoms with van der Waals surface area (Å²) >= 11 is 0. The van der Waals surface area contributed by atoms with Gasteiger partial charge in [0, 0.05) is 13.0 Å². The van der Waals surface area contributed by atoms with E-state index in [2.05, 4.69) is 123 Å². The third-order valence-corrected chi connectivity index (χ3v) is 14.3. The van der Waals surface area contributed by atoms with Crippen molar-refractivity contribution in [2.24, 2.45) is 0 Å². The first-order valence-electron chi connectivity index (χ1n) is 31.5. The second kappa shape index (κ2) is 52.2. The number of ether oxygens (including phenoxy) is 6. The van der Waals surface area contributed by atoms with Crippen LogP contribution in [0.15, 0.2) is 109 Å². The summed E-state index contributed by atoms with van der Waals surface area (Å²) in [7, 11) is 0. The zero-order valence-electron chi connectivity index (χ0n) is 50.0. The first kappa shape index (κ1) is 73.8. The van der Waals surface area contributed by atoms with Crippen molar-refractivity contribution in [2.45, 2.75) is 274 Å². The number of carbonyl (C=O) groups is 1. The van der Waals surface area contributed by atoms with Crippen LogP contribution in [0.4, 0.5) is 0 Å². The minimum Gasteiger partial charge on any atom is -0.457 e. The van der Waals surface area contributed by atoms with Crippen molar-refractivity contribution in [3.8, 4) is 0 Å². The molecule has 81 heavy (non-hydrogen) atoms. The molecular weight excluding hydrogens is 1030 g/mol. The highest BCUT2D eigenvalue weighted by Crippen LogP contribution is 2.27. The molecule has 2 aliphatic heterocycles. The lowest BCUT2D eigenvalue weighted by atomic mass is 9.98. The van der Waals surface area contributed by atoms with Crippen molar-refractivity contribution in [3.05, 3.63) is 109 Å². The molecule has 0 spiro atoms. The van der Waals surface area contributed by atoms with Crippen molar-refractivity contribution in [2.75, 3.05) is 33.0 Å². The van der Waals surface area contributed by atoms with Gasteiger partial charge in [-0.15, -0.1) is 0 Å². The zero-order chi connectivity index (χ0) is 58.6. The molecule has 0 aromatic carbocycles. The fourth-order valence-corrected chi connectivity index (χ4v) is 9.30. The van der Waals surface area contributed by atoms with Crippen molar-refractivity contribution in [3.63, 3.8) is 0 Å². The highest BCUT2D eigenvalue weighted by molar-refractivity contribution is 5.69. The molecule has 2 aliphatic rings. The Hall–Kier alpha value is -3.35. The van der Waals surface area contributed by atoms with Crippen molar-refractivity contribution >= 4 is 5.97 Å². The third kappa shape index (κ3) is 38.3. The Kier molecular flexibility index (Phi) is 47.5. The SMILES string of the molecule is CC/C=C\C/C=C\C/C=C\C/C=C\C/C=C\CCCCCCCCOCC(COC1OC(COC2OC(CO)C(O)C(O)C2O)C(O)C(O)C1O)OC(=O)CCCCCCCCCCCCCC/C=C\C/C=C\C/C=C\C/C=C\CC. The normalized spacial score (nSPS) is 24.5. The number of esters is 1. The van der Waals surface area contributed by atoms with Crippen LogP contribution in [0.25, 0.3) is 0 Å². The molecule has 11 unspecified atom stereocenters. The molecule has 0 aromatic rings. The first-order chi connectivity index (χ1) is 39.6. The Morgan fingerprint density at radius 3 is 1.20 bits per heavy atom. The Morgan fingerprint density at radius 2 is 0.765 bits per heavy atom. The average Bonchev–Trinajstić information content (AvgIpc) is 3.57. The van der Waals surface area contributed by atoms with Crippen LogP contribution in [0.5, 0.6) is 0 Å². The largest absolute Gasteiger partial charge is 0.457 e. The first-order valence-corrected chi connectivity index (χ1v) is 31.5. The van der Waals surface area contributed by atoms with E-state index in [9.17, 15) is 40.5 Å². The summed E-state index contributed by atoms with van der Waals surface area (Å²) < 4.78 is 34.5. The van der Waals surface area contributed by atoms with E-state index in [0.29, 0.717) is 13.0 Å². The molecule has 0 amide bonds. The van der Waals surface area contributed by atoms with Gasteiger partial charge in [0.15, 0.2) is 12.6 Å². The van der Waals surface area contributed by atoms with E-state index in [4.69, 9.17) is 28.4 Å². The van der Waals surface area contributed by atoms with Crippen molar-refractivity contribution < 1.29 is 69.0 Å². The predicted molar refractivity (Wildman–Crippen MR) is 325 cm³/mol. The van der Waals surface area contributed by atoms with Gasteiger partial charge in [-0.05, 0) is 96.3 Å². The van der Waals surface area contributed by atoms with E-state index in [-0.39, 0.29) is 25.6 Å². The van der Waals surface area contributed by atoms with E-state index in [1.807, 2.05) is 0 Å². The number of unbranched alkanes of at least 4 members (excludes halogenated alkanes) is 18. The molecule has 14 nitrogen and oxygen atoms in total. The van der Waals surface area contributed by atoms with Gasteiger partial charge in [0.25, 0.3) is 0 Å². The van der Waals surface area contributed by atoms with E-state index < -0.39 is 80.7 Å². The Balaban J connectivity index is 1.69. The molecule has 2 saturated heterocycles. The van der Waals surface area contributed by atoms with Crippen LogP contribution in [0.3, 0.4) is 0 Å². The minimum atomic E-state index is -1.72. The van der Waals surface area contributed by atoms with Gasteiger partial charge in [-0.2, -0.15) is 0 Å². The van der Waals surface area contributed by atoms with Crippen LogP contribution in [0, 0.1) is 0 Å². The molecule has 2 fully saturated rings. The predicted octanol–water partition coefficient (Wildman–Crippen LogP) is 12.3. The Morgan fingerprint density at radius 1 is 0.407 bits per heavy atom. The number of aliphatic hydroxyl groups excluding tert-OH is 7. The summed E-state index contributed by atoms with van der Waals surface area (Å²) in [6.45, 7) is 3.42. The van der Waals surface area contributed by atoms with E-state index in [0.717, 1.165) is 122 Å². The van der Waals surface area contributed by atoms with Crippen LogP contribution in [-0.4, -0.2) is 142 Å². The molecular formula is C67H112O14.